The van der Waals surface area contributed by atoms with Crippen molar-refractivity contribution in [1.82, 2.24) is 5.32 Å². The predicted octanol–water partition coefficient (Wildman–Crippen LogP) is 2.35. The number of nitrogens with one attached hydrogen (secondary N) is 1. The van der Waals surface area contributed by atoms with Crippen LogP contribution in [-0.2, 0) is 11.2 Å². The van der Waals surface area contributed by atoms with Crippen LogP contribution in [-0.4, -0.2) is 18.0 Å². The van der Waals surface area contributed by atoms with Gasteiger partial charge >= 0.3 is 0 Å². The molecule has 0 radical (unpaired) electrons. The van der Waals surface area contributed by atoms with Gasteiger partial charge in [0.15, 0.2) is 0 Å². The Bertz CT molecular complexity index is 433. The van der Waals surface area contributed by atoms with Gasteiger partial charge < -0.3 is 11.1 Å². The zero-order chi connectivity index (χ0) is 13.9. The van der Waals surface area contributed by atoms with Crippen LogP contribution in [0.4, 0.5) is 0 Å². The van der Waals surface area contributed by atoms with E-state index in [0.29, 0.717) is 12.5 Å². The van der Waals surface area contributed by atoms with E-state index in [-0.39, 0.29) is 5.91 Å². The standard InChI is InChI=1S/C16H24N2O/c1-12(2)14-7-5-13(6-8-14)4-3-11-18-15(19)16(17)9-10-16/h5-8,12H,3-4,9-11,17H2,1-2H3,(H,18,19). The van der Waals surface area contributed by atoms with Crippen LogP contribution in [0.1, 0.15) is 50.2 Å². The van der Waals surface area contributed by atoms with Crippen molar-refractivity contribution < 1.29 is 4.79 Å². The van der Waals surface area contributed by atoms with Crippen molar-refractivity contribution in [2.75, 3.05) is 6.54 Å². The quantitative estimate of drug-likeness (QED) is 0.771. The molecular weight excluding hydrogens is 236 g/mol. The van der Waals surface area contributed by atoms with E-state index < -0.39 is 5.54 Å². The van der Waals surface area contributed by atoms with Gasteiger partial charge in [0.2, 0.25) is 5.91 Å². The summed E-state index contributed by atoms with van der Waals surface area (Å²) in [5.74, 6) is 0.593. The minimum Gasteiger partial charge on any atom is -0.354 e. The Kier molecular flexibility index (Phi) is 4.25. The molecule has 0 saturated heterocycles. The second-order valence-electron chi connectivity index (χ2n) is 5.91. The molecule has 0 unspecified atom stereocenters. The molecule has 1 fully saturated rings. The molecule has 3 heteroatoms. The van der Waals surface area contributed by atoms with Crippen molar-refractivity contribution in [1.29, 1.82) is 0 Å². The molecule has 1 aromatic carbocycles. The summed E-state index contributed by atoms with van der Waals surface area (Å²) in [7, 11) is 0. The van der Waals surface area contributed by atoms with Crippen LogP contribution in [0.2, 0.25) is 0 Å². The summed E-state index contributed by atoms with van der Waals surface area (Å²) in [6.45, 7) is 5.11. The molecule has 0 spiro atoms. The molecule has 2 rings (SSSR count). The fourth-order valence-electron chi connectivity index (χ4n) is 2.10. The van der Waals surface area contributed by atoms with E-state index in [9.17, 15) is 4.79 Å². The summed E-state index contributed by atoms with van der Waals surface area (Å²) in [4.78, 5) is 11.6. The largest absolute Gasteiger partial charge is 0.354 e. The number of carbonyl (C=O) groups excluding carboxylic acids is 1. The number of aryl methyl sites for hydroxylation is 1. The molecule has 0 bridgehead atoms. The van der Waals surface area contributed by atoms with E-state index in [1.54, 1.807) is 0 Å². The number of carbonyl (C=O) groups is 1. The van der Waals surface area contributed by atoms with Gasteiger partial charge in [-0.05, 0) is 42.7 Å². The van der Waals surface area contributed by atoms with E-state index in [0.717, 1.165) is 25.7 Å². The monoisotopic (exact) mass is 260 g/mol. The Morgan fingerprint density at radius 1 is 1.32 bits per heavy atom. The minimum absolute atomic E-state index is 0.0163. The molecule has 3 nitrogen and oxygen atoms in total. The summed E-state index contributed by atoms with van der Waals surface area (Å²) >= 11 is 0. The Morgan fingerprint density at radius 2 is 1.95 bits per heavy atom. The first-order valence-electron chi connectivity index (χ1n) is 7.17. The Hall–Kier alpha value is -1.35. The average Bonchev–Trinajstić information content (AvgIpc) is 3.14. The third-order valence-electron chi connectivity index (χ3n) is 3.82. The maximum atomic E-state index is 11.6. The normalized spacial score (nSPS) is 16.4. The molecule has 0 heterocycles. The highest BCUT2D eigenvalue weighted by Gasteiger charge is 2.45. The van der Waals surface area contributed by atoms with E-state index >= 15 is 0 Å². The van der Waals surface area contributed by atoms with Gasteiger partial charge in [-0.1, -0.05) is 38.1 Å². The molecule has 0 aliphatic heterocycles. The van der Waals surface area contributed by atoms with Crippen molar-refractivity contribution in [3.8, 4) is 0 Å². The van der Waals surface area contributed by atoms with Crippen LogP contribution in [0.15, 0.2) is 24.3 Å². The second-order valence-corrected chi connectivity index (χ2v) is 5.91. The average molecular weight is 260 g/mol. The van der Waals surface area contributed by atoms with Gasteiger partial charge in [-0.2, -0.15) is 0 Å². The summed E-state index contributed by atoms with van der Waals surface area (Å²) in [5.41, 5.74) is 7.97. The molecule has 0 atom stereocenters. The highest BCUT2D eigenvalue weighted by molar-refractivity contribution is 5.88. The van der Waals surface area contributed by atoms with Gasteiger partial charge in [0.05, 0.1) is 5.54 Å². The van der Waals surface area contributed by atoms with Crippen molar-refractivity contribution in [3.63, 3.8) is 0 Å². The zero-order valence-electron chi connectivity index (χ0n) is 11.9. The lowest BCUT2D eigenvalue weighted by Crippen LogP contribution is -2.43. The van der Waals surface area contributed by atoms with Gasteiger partial charge in [0.25, 0.3) is 0 Å². The van der Waals surface area contributed by atoms with E-state index in [1.807, 2.05) is 0 Å². The number of amides is 1. The van der Waals surface area contributed by atoms with Crippen molar-refractivity contribution >= 4 is 5.91 Å². The first-order valence-corrected chi connectivity index (χ1v) is 7.17. The Labute approximate surface area is 115 Å². The second kappa shape index (κ2) is 5.74. The van der Waals surface area contributed by atoms with Crippen molar-refractivity contribution in [2.24, 2.45) is 5.73 Å². The highest BCUT2D eigenvalue weighted by atomic mass is 16.2. The van der Waals surface area contributed by atoms with Crippen LogP contribution in [0.5, 0.6) is 0 Å². The predicted molar refractivity (Wildman–Crippen MR) is 78.0 cm³/mol. The fourth-order valence-corrected chi connectivity index (χ4v) is 2.10. The topological polar surface area (TPSA) is 55.1 Å². The minimum atomic E-state index is -0.543. The molecule has 3 N–H and O–H groups in total. The van der Waals surface area contributed by atoms with E-state index in [2.05, 4.69) is 43.4 Å². The van der Waals surface area contributed by atoms with Gasteiger partial charge in [-0.3, -0.25) is 4.79 Å². The molecular formula is C16H24N2O. The maximum absolute atomic E-state index is 11.6. The molecule has 1 aliphatic rings. The molecule has 1 saturated carbocycles. The van der Waals surface area contributed by atoms with Crippen LogP contribution in [0, 0.1) is 0 Å². The molecule has 0 aromatic heterocycles. The zero-order valence-corrected chi connectivity index (χ0v) is 11.9. The lowest BCUT2D eigenvalue weighted by Gasteiger charge is -2.10. The van der Waals surface area contributed by atoms with Crippen LogP contribution in [0.25, 0.3) is 0 Å². The summed E-state index contributed by atoms with van der Waals surface area (Å²) < 4.78 is 0. The maximum Gasteiger partial charge on any atom is 0.240 e. The Balaban J connectivity index is 1.69. The Morgan fingerprint density at radius 3 is 2.47 bits per heavy atom. The molecule has 1 aliphatic carbocycles. The van der Waals surface area contributed by atoms with Gasteiger partial charge in [-0.15, -0.1) is 0 Å². The van der Waals surface area contributed by atoms with Gasteiger partial charge in [-0.25, -0.2) is 0 Å². The van der Waals surface area contributed by atoms with E-state index in [1.165, 1.54) is 11.1 Å². The van der Waals surface area contributed by atoms with Crippen molar-refractivity contribution in [2.45, 2.75) is 51.0 Å². The molecule has 104 valence electrons. The highest BCUT2D eigenvalue weighted by Crippen LogP contribution is 2.31. The first-order chi connectivity index (χ1) is 9.01. The summed E-state index contributed by atoms with van der Waals surface area (Å²) in [5, 5.41) is 2.92. The number of hydrogen-bond donors (Lipinski definition) is 2. The third kappa shape index (κ3) is 3.80. The lowest BCUT2D eigenvalue weighted by molar-refractivity contribution is -0.123. The smallest absolute Gasteiger partial charge is 0.240 e. The number of nitrogens with two attached hydrogens (primary N) is 1. The number of hydrogen-bond acceptors (Lipinski definition) is 2. The molecule has 1 aromatic rings. The van der Waals surface area contributed by atoms with Gasteiger partial charge in [0.1, 0.15) is 0 Å². The number of benzene rings is 1. The van der Waals surface area contributed by atoms with Crippen LogP contribution >= 0.6 is 0 Å². The van der Waals surface area contributed by atoms with Gasteiger partial charge in [0, 0.05) is 6.54 Å². The van der Waals surface area contributed by atoms with Crippen LogP contribution < -0.4 is 11.1 Å². The molecule has 19 heavy (non-hydrogen) atoms. The van der Waals surface area contributed by atoms with Crippen LogP contribution in [0.3, 0.4) is 0 Å². The summed E-state index contributed by atoms with van der Waals surface area (Å²) in [6.07, 6.45) is 3.62. The fraction of sp³-hybridized carbons (Fsp3) is 0.562. The van der Waals surface area contributed by atoms with E-state index in [4.69, 9.17) is 5.73 Å². The molecule has 1 amide bonds. The first kappa shape index (κ1) is 14.1. The number of rotatable bonds is 6. The SMILES string of the molecule is CC(C)c1ccc(CCCNC(=O)C2(N)CC2)cc1. The van der Waals surface area contributed by atoms with Crippen molar-refractivity contribution in [3.05, 3.63) is 35.4 Å². The summed E-state index contributed by atoms with van der Waals surface area (Å²) in [6, 6.07) is 8.75. The third-order valence-corrected chi connectivity index (χ3v) is 3.82. The lowest BCUT2D eigenvalue weighted by atomic mass is 10.0.